The van der Waals surface area contributed by atoms with Crippen molar-refractivity contribution >= 4 is 5.91 Å². The van der Waals surface area contributed by atoms with Crippen LogP contribution in [0.25, 0.3) is 0 Å². The molecule has 0 bridgehead atoms. The third kappa shape index (κ3) is 8.97. The van der Waals surface area contributed by atoms with Crippen molar-refractivity contribution in [2.45, 2.75) is 39.2 Å². The first-order chi connectivity index (χ1) is 9.04. The first-order valence-electron chi connectivity index (χ1n) is 7.03. The van der Waals surface area contributed by atoms with Crippen molar-refractivity contribution in [2.24, 2.45) is 17.6 Å². The van der Waals surface area contributed by atoms with Crippen LogP contribution >= 0.6 is 0 Å². The molecule has 5 heteroatoms. The third-order valence-corrected chi connectivity index (χ3v) is 3.44. The molecule has 0 aliphatic heterocycles. The summed E-state index contributed by atoms with van der Waals surface area (Å²) in [7, 11) is 3.24. The van der Waals surface area contributed by atoms with E-state index in [1.165, 1.54) is 0 Å². The van der Waals surface area contributed by atoms with Crippen molar-refractivity contribution in [3.8, 4) is 0 Å². The molecule has 19 heavy (non-hydrogen) atoms. The molecule has 0 saturated heterocycles. The van der Waals surface area contributed by atoms with E-state index >= 15 is 0 Å². The number of carbonyl (C=O) groups excluding carboxylic acids is 1. The Bertz CT molecular complexity index is 235. The fourth-order valence-electron chi connectivity index (χ4n) is 2.05. The molecule has 0 aliphatic carbocycles. The van der Waals surface area contributed by atoms with Crippen molar-refractivity contribution in [1.82, 2.24) is 5.32 Å². The van der Waals surface area contributed by atoms with Gasteiger partial charge in [0.05, 0.1) is 12.7 Å². The molecule has 5 nitrogen and oxygen atoms in total. The number of nitrogens with two attached hydrogens (primary N) is 1. The van der Waals surface area contributed by atoms with E-state index in [4.69, 9.17) is 15.2 Å². The number of methoxy groups -OCH3 is 2. The predicted molar refractivity (Wildman–Crippen MR) is 76.9 cm³/mol. The van der Waals surface area contributed by atoms with Gasteiger partial charge in [0.1, 0.15) is 0 Å². The highest BCUT2D eigenvalue weighted by Crippen LogP contribution is 2.20. The molecule has 0 aliphatic rings. The minimum atomic E-state index is -0.0844. The number of hydrogen-bond donors (Lipinski definition) is 2. The summed E-state index contributed by atoms with van der Waals surface area (Å²) in [5.41, 5.74) is 5.59. The molecule has 2 unspecified atom stereocenters. The van der Waals surface area contributed by atoms with Crippen LogP contribution in [0.1, 0.15) is 33.1 Å². The fourth-order valence-corrected chi connectivity index (χ4v) is 2.05. The van der Waals surface area contributed by atoms with Crippen molar-refractivity contribution in [1.29, 1.82) is 0 Å². The van der Waals surface area contributed by atoms with Gasteiger partial charge >= 0.3 is 0 Å². The standard InChI is InChI=1S/C14H30N2O3/c1-11(2)12(7-8-15)5-6-14(17)16-9-13(19-4)10-18-3/h11-13H,5-10,15H2,1-4H3,(H,16,17). The molecule has 0 radical (unpaired) electrons. The Morgan fingerprint density at radius 3 is 2.42 bits per heavy atom. The topological polar surface area (TPSA) is 73.6 Å². The predicted octanol–water partition coefficient (Wildman–Crippen LogP) is 1.17. The smallest absolute Gasteiger partial charge is 0.220 e. The van der Waals surface area contributed by atoms with Crippen LogP contribution in [0, 0.1) is 11.8 Å². The Kier molecular flexibility index (Phi) is 10.8. The van der Waals surface area contributed by atoms with E-state index in [9.17, 15) is 4.79 Å². The number of carbonyl (C=O) groups is 1. The van der Waals surface area contributed by atoms with Gasteiger partial charge in [-0.2, -0.15) is 0 Å². The molecule has 114 valence electrons. The fraction of sp³-hybridized carbons (Fsp3) is 0.929. The molecule has 1 amide bonds. The number of amides is 1. The summed E-state index contributed by atoms with van der Waals surface area (Å²) in [5, 5.41) is 2.88. The Labute approximate surface area is 117 Å². The zero-order valence-electron chi connectivity index (χ0n) is 12.8. The highest BCUT2D eigenvalue weighted by atomic mass is 16.5. The van der Waals surface area contributed by atoms with Crippen LogP contribution in [0.5, 0.6) is 0 Å². The lowest BCUT2D eigenvalue weighted by molar-refractivity contribution is -0.122. The third-order valence-electron chi connectivity index (χ3n) is 3.44. The van der Waals surface area contributed by atoms with Gasteiger partial charge in [0, 0.05) is 27.2 Å². The van der Waals surface area contributed by atoms with Crippen molar-refractivity contribution < 1.29 is 14.3 Å². The van der Waals surface area contributed by atoms with Gasteiger partial charge in [-0.25, -0.2) is 0 Å². The number of rotatable bonds is 11. The van der Waals surface area contributed by atoms with Gasteiger partial charge in [-0.05, 0) is 31.2 Å². The molecule has 0 aromatic rings. The molecular formula is C14H30N2O3. The van der Waals surface area contributed by atoms with E-state index in [1.54, 1.807) is 14.2 Å². The van der Waals surface area contributed by atoms with Gasteiger partial charge in [0.25, 0.3) is 0 Å². The lowest BCUT2D eigenvalue weighted by Gasteiger charge is -2.20. The maximum Gasteiger partial charge on any atom is 0.220 e. The van der Waals surface area contributed by atoms with Crippen molar-refractivity contribution in [3.05, 3.63) is 0 Å². The van der Waals surface area contributed by atoms with Crippen molar-refractivity contribution in [2.75, 3.05) is 33.9 Å². The van der Waals surface area contributed by atoms with E-state index in [2.05, 4.69) is 19.2 Å². The van der Waals surface area contributed by atoms with E-state index in [0.717, 1.165) is 12.8 Å². The second-order valence-electron chi connectivity index (χ2n) is 5.24. The van der Waals surface area contributed by atoms with Gasteiger partial charge in [0.15, 0.2) is 0 Å². The van der Waals surface area contributed by atoms with Gasteiger partial charge < -0.3 is 20.5 Å². The van der Waals surface area contributed by atoms with Crippen LogP contribution in [-0.4, -0.2) is 45.9 Å². The van der Waals surface area contributed by atoms with Gasteiger partial charge in [-0.3, -0.25) is 4.79 Å². The second kappa shape index (κ2) is 11.2. The van der Waals surface area contributed by atoms with Crippen LogP contribution in [0.4, 0.5) is 0 Å². The first-order valence-corrected chi connectivity index (χ1v) is 7.03. The molecule has 0 rings (SSSR count). The Morgan fingerprint density at radius 1 is 1.26 bits per heavy atom. The number of ether oxygens (including phenoxy) is 2. The molecular weight excluding hydrogens is 244 g/mol. The van der Waals surface area contributed by atoms with E-state index in [0.29, 0.717) is 38.0 Å². The normalized spacial score (nSPS) is 14.4. The van der Waals surface area contributed by atoms with E-state index < -0.39 is 0 Å². The van der Waals surface area contributed by atoms with E-state index in [1.807, 2.05) is 0 Å². The summed E-state index contributed by atoms with van der Waals surface area (Å²) in [6, 6.07) is 0. The minimum absolute atomic E-state index is 0.0702. The molecule has 0 spiro atoms. The summed E-state index contributed by atoms with van der Waals surface area (Å²) in [5.74, 6) is 1.16. The SMILES string of the molecule is COCC(CNC(=O)CCC(CCN)C(C)C)OC. The highest BCUT2D eigenvalue weighted by Gasteiger charge is 2.15. The summed E-state index contributed by atoms with van der Waals surface area (Å²) in [6.07, 6.45) is 2.34. The van der Waals surface area contributed by atoms with E-state index in [-0.39, 0.29) is 12.0 Å². The monoisotopic (exact) mass is 274 g/mol. The molecule has 2 atom stereocenters. The lowest BCUT2D eigenvalue weighted by Crippen LogP contribution is -2.35. The second-order valence-corrected chi connectivity index (χ2v) is 5.24. The van der Waals surface area contributed by atoms with Crippen LogP contribution in [0.2, 0.25) is 0 Å². The number of nitrogens with one attached hydrogen (secondary N) is 1. The van der Waals surface area contributed by atoms with Crippen LogP contribution in [-0.2, 0) is 14.3 Å². The summed E-state index contributed by atoms with van der Waals surface area (Å²) < 4.78 is 10.2. The van der Waals surface area contributed by atoms with Crippen LogP contribution < -0.4 is 11.1 Å². The summed E-state index contributed by atoms with van der Waals surface area (Å²) in [4.78, 5) is 11.8. The van der Waals surface area contributed by atoms with Crippen molar-refractivity contribution in [3.63, 3.8) is 0 Å². The highest BCUT2D eigenvalue weighted by molar-refractivity contribution is 5.75. The maximum absolute atomic E-state index is 11.8. The average molecular weight is 274 g/mol. The quantitative estimate of drug-likeness (QED) is 0.593. The van der Waals surface area contributed by atoms with Gasteiger partial charge in [0.2, 0.25) is 5.91 Å². The first kappa shape index (κ1) is 18.4. The number of hydrogen-bond acceptors (Lipinski definition) is 4. The summed E-state index contributed by atoms with van der Waals surface area (Å²) >= 11 is 0. The zero-order chi connectivity index (χ0) is 14.7. The van der Waals surface area contributed by atoms with Crippen LogP contribution in [0.15, 0.2) is 0 Å². The molecule has 0 aromatic heterocycles. The Morgan fingerprint density at radius 2 is 1.95 bits per heavy atom. The lowest BCUT2D eigenvalue weighted by atomic mass is 9.88. The Hall–Kier alpha value is -0.650. The van der Waals surface area contributed by atoms with Gasteiger partial charge in [-0.15, -0.1) is 0 Å². The molecule has 0 heterocycles. The Balaban J connectivity index is 3.90. The molecule has 0 saturated carbocycles. The molecule has 0 fully saturated rings. The summed E-state index contributed by atoms with van der Waals surface area (Å²) in [6.45, 7) is 6.02. The van der Waals surface area contributed by atoms with Crippen LogP contribution in [0.3, 0.4) is 0 Å². The molecule has 3 N–H and O–H groups in total. The van der Waals surface area contributed by atoms with Gasteiger partial charge in [-0.1, -0.05) is 13.8 Å². The minimum Gasteiger partial charge on any atom is -0.382 e. The average Bonchev–Trinajstić information content (AvgIpc) is 2.38. The molecule has 0 aromatic carbocycles. The maximum atomic E-state index is 11.8. The largest absolute Gasteiger partial charge is 0.382 e. The zero-order valence-corrected chi connectivity index (χ0v) is 12.8.